The number of hydrogen-bond acceptors (Lipinski definition) is 1. The Morgan fingerprint density at radius 2 is 1.27 bits per heavy atom. The largest absolute Gasteiger partial charge is 0.347 e. The van der Waals surface area contributed by atoms with Gasteiger partial charge in [-0.05, 0) is 102 Å². The number of hydrogen-bond donors (Lipinski definition) is 0. The number of nitrogens with zero attached hydrogens (tertiary/aromatic N) is 2. The van der Waals surface area contributed by atoms with Crippen molar-refractivity contribution >= 4 is 39.5 Å². The highest BCUT2D eigenvalue weighted by molar-refractivity contribution is 6.30. The van der Waals surface area contributed by atoms with Gasteiger partial charge >= 0.3 is 0 Å². The number of benzene rings is 6. The molecule has 0 N–H and O–H groups in total. The Bertz CT molecular complexity index is 2290. The quantitative estimate of drug-likeness (QED) is 0.145. The SMILES string of the molecule is CC(=C\C1=[N+](C)c2ccc3ccccc3c2C1(C)Cc1ccccc1)/C=C1/N(C)c2ccc(Cl)cc2C1(Cc1ccccc1)Cc1ccccc1. The van der Waals surface area contributed by atoms with Crippen LogP contribution in [-0.2, 0) is 30.1 Å². The first-order valence-corrected chi connectivity index (χ1v) is 18.3. The smallest absolute Gasteiger partial charge is 0.210 e. The Morgan fingerprint density at radius 3 is 1.90 bits per heavy atom. The highest BCUT2D eigenvalue weighted by atomic mass is 35.5. The molecule has 0 aliphatic carbocycles. The molecule has 0 radical (unpaired) electrons. The Kier molecular flexibility index (Phi) is 8.52. The Hall–Kier alpha value is -5.18. The first kappa shape index (κ1) is 33.0. The van der Waals surface area contributed by atoms with Crippen LogP contribution in [-0.4, -0.2) is 24.4 Å². The van der Waals surface area contributed by atoms with Crippen LogP contribution in [0.1, 0.15) is 41.7 Å². The van der Waals surface area contributed by atoms with Crippen LogP contribution in [0.25, 0.3) is 10.8 Å². The number of rotatable bonds is 8. The van der Waals surface area contributed by atoms with E-state index in [9.17, 15) is 0 Å². The molecule has 0 spiro atoms. The molecule has 0 amide bonds. The van der Waals surface area contributed by atoms with Gasteiger partial charge in [-0.2, -0.15) is 4.58 Å². The maximum Gasteiger partial charge on any atom is 0.210 e. The third-order valence-corrected chi connectivity index (χ3v) is 11.5. The second kappa shape index (κ2) is 13.2. The van der Waals surface area contributed by atoms with E-state index in [-0.39, 0.29) is 10.8 Å². The van der Waals surface area contributed by atoms with Gasteiger partial charge in [-0.25, -0.2) is 0 Å². The van der Waals surface area contributed by atoms with E-state index < -0.39 is 0 Å². The van der Waals surface area contributed by atoms with Gasteiger partial charge in [0.25, 0.3) is 0 Å². The van der Waals surface area contributed by atoms with E-state index in [4.69, 9.17) is 11.6 Å². The molecular formula is C48H44ClN2+. The van der Waals surface area contributed by atoms with Crippen molar-refractivity contribution in [3.8, 4) is 0 Å². The Labute approximate surface area is 307 Å². The lowest BCUT2D eigenvalue weighted by Crippen LogP contribution is -2.35. The minimum absolute atomic E-state index is 0.241. The van der Waals surface area contributed by atoms with Crippen LogP contribution in [0, 0.1) is 0 Å². The standard InChI is InChI=1S/C48H44ClN2/c1-34(28-44-47(2,31-35-16-8-5-9-17-35)46-40-23-15-14-22-38(40)24-26-43(46)51(44)4)29-45-48(32-36-18-10-6-11-19-36,33-37-20-12-7-13-21-37)41-30-39(49)25-27-42(41)50(45)3/h5-30H,31-33H2,1-4H3/q+1. The summed E-state index contributed by atoms with van der Waals surface area (Å²) in [4.78, 5) is 2.41. The summed E-state index contributed by atoms with van der Waals surface area (Å²) in [6, 6.07) is 52.7. The molecule has 0 saturated heterocycles. The molecule has 6 aromatic rings. The lowest BCUT2D eigenvalue weighted by Gasteiger charge is -2.34. The minimum Gasteiger partial charge on any atom is -0.347 e. The van der Waals surface area contributed by atoms with Crippen LogP contribution < -0.4 is 4.90 Å². The second-order valence-corrected chi connectivity index (χ2v) is 15.1. The maximum absolute atomic E-state index is 6.81. The number of allylic oxidation sites excluding steroid dienone is 4. The molecule has 2 aliphatic heterocycles. The predicted molar refractivity (Wildman–Crippen MR) is 216 cm³/mol. The second-order valence-electron chi connectivity index (χ2n) is 14.7. The number of halogens is 1. The molecule has 1 unspecified atom stereocenters. The van der Waals surface area contributed by atoms with E-state index in [0.717, 1.165) is 24.3 Å². The molecule has 51 heavy (non-hydrogen) atoms. The predicted octanol–water partition coefficient (Wildman–Crippen LogP) is 11.4. The highest BCUT2D eigenvalue weighted by Gasteiger charge is 2.49. The summed E-state index contributed by atoms with van der Waals surface area (Å²) < 4.78 is 2.43. The Morgan fingerprint density at radius 1 is 0.706 bits per heavy atom. The van der Waals surface area contributed by atoms with Gasteiger partial charge < -0.3 is 4.90 Å². The van der Waals surface area contributed by atoms with Crippen molar-refractivity contribution in [1.82, 2.24) is 0 Å². The van der Waals surface area contributed by atoms with E-state index in [2.05, 4.69) is 189 Å². The molecule has 2 aliphatic rings. The van der Waals surface area contributed by atoms with Crippen molar-refractivity contribution < 1.29 is 4.58 Å². The molecule has 1 atom stereocenters. The van der Waals surface area contributed by atoms with E-state index >= 15 is 0 Å². The van der Waals surface area contributed by atoms with Gasteiger partial charge in [0, 0.05) is 46.6 Å². The number of likely N-dealkylation sites (N-methyl/N-ethyl adjacent to an activating group) is 1. The zero-order valence-electron chi connectivity index (χ0n) is 29.9. The van der Waals surface area contributed by atoms with Crippen LogP contribution in [0.3, 0.4) is 0 Å². The minimum atomic E-state index is -0.328. The zero-order valence-corrected chi connectivity index (χ0v) is 30.7. The van der Waals surface area contributed by atoms with Gasteiger partial charge in [0.1, 0.15) is 7.05 Å². The molecule has 0 aromatic heterocycles. The summed E-state index contributed by atoms with van der Waals surface area (Å²) in [5.74, 6) is 0. The molecule has 6 aromatic carbocycles. The maximum atomic E-state index is 6.81. The first-order chi connectivity index (χ1) is 24.8. The van der Waals surface area contributed by atoms with Crippen LogP contribution in [0.2, 0.25) is 5.02 Å². The molecule has 252 valence electrons. The summed E-state index contributed by atoms with van der Waals surface area (Å²) in [7, 11) is 4.46. The summed E-state index contributed by atoms with van der Waals surface area (Å²) in [5, 5.41) is 3.38. The summed E-state index contributed by atoms with van der Waals surface area (Å²) in [6.45, 7) is 4.72. The van der Waals surface area contributed by atoms with Gasteiger partial charge in [0.05, 0.1) is 5.41 Å². The van der Waals surface area contributed by atoms with Gasteiger partial charge in [0.15, 0.2) is 5.71 Å². The normalized spacial score (nSPS) is 18.8. The third kappa shape index (κ3) is 5.82. The average molecular weight is 684 g/mol. The molecule has 2 nitrogen and oxygen atoms in total. The molecule has 0 bridgehead atoms. The molecular weight excluding hydrogens is 640 g/mol. The van der Waals surface area contributed by atoms with E-state index in [1.54, 1.807) is 0 Å². The van der Waals surface area contributed by atoms with Crippen LogP contribution >= 0.6 is 11.6 Å². The zero-order chi connectivity index (χ0) is 35.2. The summed E-state index contributed by atoms with van der Waals surface area (Å²) in [6.07, 6.45) is 7.53. The third-order valence-electron chi connectivity index (χ3n) is 11.3. The molecule has 0 saturated carbocycles. The fourth-order valence-electron chi connectivity index (χ4n) is 8.99. The molecule has 2 heterocycles. The van der Waals surface area contributed by atoms with Gasteiger partial charge in [-0.15, -0.1) is 0 Å². The van der Waals surface area contributed by atoms with Gasteiger partial charge in [-0.1, -0.05) is 127 Å². The van der Waals surface area contributed by atoms with Crippen molar-refractivity contribution in [1.29, 1.82) is 0 Å². The van der Waals surface area contributed by atoms with Crippen molar-refractivity contribution in [3.05, 3.63) is 202 Å². The Balaban J connectivity index is 1.31. The van der Waals surface area contributed by atoms with Crippen LogP contribution in [0.5, 0.6) is 0 Å². The highest BCUT2D eigenvalue weighted by Crippen LogP contribution is 2.52. The van der Waals surface area contributed by atoms with Crippen LogP contribution in [0.4, 0.5) is 11.4 Å². The fraction of sp³-hybridized carbons (Fsp3) is 0.188. The van der Waals surface area contributed by atoms with Crippen molar-refractivity contribution in [3.63, 3.8) is 0 Å². The van der Waals surface area contributed by atoms with Crippen LogP contribution in [0.15, 0.2) is 169 Å². The molecule has 8 rings (SSSR count). The monoisotopic (exact) mass is 683 g/mol. The van der Waals surface area contributed by atoms with Crippen molar-refractivity contribution in [2.45, 2.75) is 43.9 Å². The lowest BCUT2D eigenvalue weighted by atomic mass is 9.70. The number of fused-ring (bicyclic) bond motifs is 4. The van der Waals surface area contributed by atoms with Crippen molar-refractivity contribution in [2.75, 3.05) is 19.0 Å². The summed E-state index contributed by atoms with van der Waals surface area (Å²) in [5.41, 5.74) is 12.4. The summed E-state index contributed by atoms with van der Waals surface area (Å²) >= 11 is 6.81. The van der Waals surface area contributed by atoms with E-state index in [0.29, 0.717) is 0 Å². The average Bonchev–Trinajstić information content (AvgIpc) is 3.48. The van der Waals surface area contributed by atoms with Crippen molar-refractivity contribution in [2.24, 2.45) is 0 Å². The van der Waals surface area contributed by atoms with Gasteiger partial charge in [-0.3, -0.25) is 0 Å². The first-order valence-electron chi connectivity index (χ1n) is 18.0. The number of anilines is 1. The lowest BCUT2D eigenvalue weighted by molar-refractivity contribution is -0.401. The molecule has 3 heteroatoms. The fourth-order valence-corrected chi connectivity index (χ4v) is 9.16. The molecule has 0 fully saturated rings. The van der Waals surface area contributed by atoms with E-state index in [1.165, 1.54) is 66.9 Å². The van der Waals surface area contributed by atoms with E-state index in [1.807, 2.05) is 6.07 Å². The topological polar surface area (TPSA) is 6.25 Å². The van der Waals surface area contributed by atoms with Gasteiger partial charge in [0.2, 0.25) is 5.69 Å².